The lowest BCUT2D eigenvalue weighted by atomic mass is 10.4. The Balaban J connectivity index is 1.91. The van der Waals surface area contributed by atoms with E-state index in [2.05, 4.69) is 45.5 Å². The molecule has 2 aromatic heterocycles. The van der Waals surface area contributed by atoms with Crippen molar-refractivity contribution in [2.24, 2.45) is 0 Å². The molecule has 0 spiro atoms. The van der Waals surface area contributed by atoms with Crippen molar-refractivity contribution in [2.75, 3.05) is 20.3 Å². The Hall–Kier alpha value is -1.17. The summed E-state index contributed by atoms with van der Waals surface area (Å²) in [6.45, 7) is 5.47. The van der Waals surface area contributed by atoms with Crippen molar-refractivity contribution in [3.8, 4) is 0 Å². The van der Waals surface area contributed by atoms with Gasteiger partial charge in [0.15, 0.2) is 0 Å². The third-order valence-corrected chi connectivity index (χ3v) is 3.99. The lowest BCUT2D eigenvalue weighted by Crippen LogP contribution is -2.20. The maximum atomic E-state index is 5.02. The van der Waals surface area contributed by atoms with E-state index < -0.39 is 0 Å². The van der Waals surface area contributed by atoms with Crippen LogP contribution in [0.1, 0.15) is 23.3 Å². The van der Waals surface area contributed by atoms with Crippen LogP contribution in [0.3, 0.4) is 0 Å². The number of hydrogen-bond donors (Lipinski definition) is 1. The predicted octanol–water partition coefficient (Wildman–Crippen LogP) is 2.29. The molecule has 0 unspecified atom stereocenters. The minimum absolute atomic E-state index is 0.743. The van der Waals surface area contributed by atoms with Crippen LogP contribution in [0, 0.1) is 0 Å². The molecule has 4 nitrogen and oxygen atoms in total. The summed E-state index contributed by atoms with van der Waals surface area (Å²) in [4.78, 5) is 4.61. The molecule has 0 aliphatic rings. The molecular weight excluding hydrogens is 258 g/mol. The van der Waals surface area contributed by atoms with E-state index in [1.54, 1.807) is 18.4 Å². The normalized spacial score (nSPS) is 11.1. The third-order valence-electron chi connectivity index (χ3n) is 2.95. The van der Waals surface area contributed by atoms with E-state index >= 15 is 0 Å². The monoisotopic (exact) mass is 279 g/mol. The molecule has 1 N–H and O–H groups in total. The van der Waals surface area contributed by atoms with Crippen molar-refractivity contribution in [1.82, 2.24) is 14.9 Å². The zero-order valence-corrected chi connectivity index (χ0v) is 12.4. The van der Waals surface area contributed by atoms with Crippen molar-refractivity contribution in [3.05, 3.63) is 40.1 Å². The van der Waals surface area contributed by atoms with Crippen LogP contribution >= 0.6 is 11.3 Å². The molecule has 0 bridgehead atoms. The van der Waals surface area contributed by atoms with E-state index in [1.165, 1.54) is 10.7 Å². The molecule has 104 valence electrons. The molecule has 2 rings (SSSR count). The van der Waals surface area contributed by atoms with Crippen molar-refractivity contribution in [3.63, 3.8) is 0 Å². The summed E-state index contributed by atoms with van der Waals surface area (Å²) in [7, 11) is 1.72. The average molecular weight is 279 g/mol. The van der Waals surface area contributed by atoms with Gasteiger partial charge in [-0.15, -0.1) is 11.3 Å². The first-order valence-corrected chi connectivity index (χ1v) is 7.48. The van der Waals surface area contributed by atoms with Gasteiger partial charge in [-0.2, -0.15) is 0 Å². The number of ether oxygens (including phenoxy) is 1. The molecule has 0 atom stereocenters. The average Bonchev–Trinajstić information content (AvgIpc) is 3.05. The maximum absolute atomic E-state index is 5.02. The lowest BCUT2D eigenvalue weighted by Gasteiger charge is -2.08. The molecule has 0 aliphatic carbocycles. The van der Waals surface area contributed by atoms with Crippen LogP contribution in [0.5, 0.6) is 0 Å². The fourth-order valence-corrected chi connectivity index (χ4v) is 2.65. The SMILES string of the molecule is CCc1nc(Cn2cccc2CNCCOC)cs1. The number of nitrogens with one attached hydrogen (secondary N) is 1. The second-order valence-corrected chi connectivity index (χ2v) is 5.33. The van der Waals surface area contributed by atoms with Gasteiger partial charge in [-0.3, -0.25) is 0 Å². The van der Waals surface area contributed by atoms with Crippen LogP contribution in [0.2, 0.25) is 0 Å². The summed E-state index contributed by atoms with van der Waals surface area (Å²) in [5, 5.41) is 6.73. The van der Waals surface area contributed by atoms with Gasteiger partial charge in [0.1, 0.15) is 0 Å². The summed E-state index contributed by atoms with van der Waals surface area (Å²) >= 11 is 1.75. The van der Waals surface area contributed by atoms with E-state index in [0.717, 1.165) is 38.4 Å². The van der Waals surface area contributed by atoms with E-state index in [1.807, 2.05) is 0 Å². The van der Waals surface area contributed by atoms with E-state index in [4.69, 9.17) is 4.74 Å². The summed E-state index contributed by atoms with van der Waals surface area (Å²) in [6, 6.07) is 4.23. The molecule has 2 heterocycles. The lowest BCUT2D eigenvalue weighted by molar-refractivity contribution is 0.199. The van der Waals surface area contributed by atoms with Gasteiger partial charge in [-0.25, -0.2) is 4.98 Å². The Morgan fingerprint density at radius 3 is 3.11 bits per heavy atom. The number of aryl methyl sites for hydroxylation is 1. The van der Waals surface area contributed by atoms with Crippen molar-refractivity contribution < 1.29 is 4.74 Å². The molecule has 0 saturated carbocycles. The van der Waals surface area contributed by atoms with Crippen LogP contribution in [0.15, 0.2) is 23.7 Å². The highest BCUT2D eigenvalue weighted by atomic mass is 32.1. The third kappa shape index (κ3) is 4.16. The molecule has 0 radical (unpaired) electrons. The minimum Gasteiger partial charge on any atom is -0.383 e. The number of thiazole rings is 1. The van der Waals surface area contributed by atoms with Gasteiger partial charge in [-0.1, -0.05) is 6.92 Å². The standard InChI is InChI=1S/C14H21N3OS/c1-3-14-16-12(11-19-14)10-17-7-4-5-13(17)9-15-6-8-18-2/h4-5,7,11,15H,3,6,8-10H2,1-2H3. The molecule has 0 aromatic carbocycles. The first kappa shape index (κ1) is 14.2. The van der Waals surface area contributed by atoms with E-state index in [-0.39, 0.29) is 0 Å². The molecule has 0 amide bonds. The Morgan fingerprint density at radius 2 is 2.37 bits per heavy atom. The summed E-state index contributed by atoms with van der Waals surface area (Å²) in [5.74, 6) is 0. The Bertz CT molecular complexity index is 492. The smallest absolute Gasteiger partial charge is 0.0926 e. The number of nitrogens with zero attached hydrogens (tertiary/aromatic N) is 2. The first-order chi connectivity index (χ1) is 9.33. The van der Waals surface area contributed by atoms with Crippen LogP contribution in [0.25, 0.3) is 0 Å². The quantitative estimate of drug-likeness (QED) is 0.754. The van der Waals surface area contributed by atoms with Crippen molar-refractivity contribution in [1.29, 1.82) is 0 Å². The molecule has 2 aromatic rings. The number of hydrogen-bond acceptors (Lipinski definition) is 4. The van der Waals surface area contributed by atoms with Gasteiger partial charge in [-0.05, 0) is 18.6 Å². The number of aromatic nitrogens is 2. The van der Waals surface area contributed by atoms with Gasteiger partial charge in [0.25, 0.3) is 0 Å². The van der Waals surface area contributed by atoms with Crippen LogP contribution < -0.4 is 5.32 Å². The van der Waals surface area contributed by atoms with Gasteiger partial charge in [0, 0.05) is 37.5 Å². The van der Waals surface area contributed by atoms with E-state index in [0.29, 0.717) is 0 Å². The molecular formula is C14H21N3OS. The minimum atomic E-state index is 0.743. The predicted molar refractivity (Wildman–Crippen MR) is 78.6 cm³/mol. The highest BCUT2D eigenvalue weighted by molar-refractivity contribution is 7.09. The summed E-state index contributed by atoms with van der Waals surface area (Å²) < 4.78 is 7.27. The highest BCUT2D eigenvalue weighted by Gasteiger charge is 2.04. The number of methoxy groups -OCH3 is 1. The van der Waals surface area contributed by atoms with Crippen LogP contribution in [-0.2, 0) is 24.2 Å². The molecule has 19 heavy (non-hydrogen) atoms. The van der Waals surface area contributed by atoms with Gasteiger partial charge in [0.05, 0.1) is 23.9 Å². The van der Waals surface area contributed by atoms with Crippen molar-refractivity contribution >= 4 is 11.3 Å². The molecule has 0 fully saturated rings. The molecule has 5 heteroatoms. The second kappa shape index (κ2) is 7.43. The topological polar surface area (TPSA) is 39.1 Å². The zero-order valence-electron chi connectivity index (χ0n) is 11.6. The Labute approximate surface area is 118 Å². The van der Waals surface area contributed by atoms with Gasteiger partial charge >= 0.3 is 0 Å². The largest absolute Gasteiger partial charge is 0.383 e. The molecule has 0 saturated heterocycles. The van der Waals surface area contributed by atoms with E-state index in [9.17, 15) is 0 Å². The fraction of sp³-hybridized carbons (Fsp3) is 0.500. The fourth-order valence-electron chi connectivity index (χ4n) is 1.91. The highest BCUT2D eigenvalue weighted by Crippen LogP contribution is 2.13. The maximum Gasteiger partial charge on any atom is 0.0926 e. The Kier molecular flexibility index (Phi) is 5.57. The second-order valence-electron chi connectivity index (χ2n) is 4.38. The Morgan fingerprint density at radius 1 is 1.47 bits per heavy atom. The number of rotatable bonds is 8. The van der Waals surface area contributed by atoms with Gasteiger partial charge < -0.3 is 14.6 Å². The van der Waals surface area contributed by atoms with Crippen LogP contribution in [-0.4, -0.2) is 29.8 Å². The molecule has 0 aliphatic heterocycles. The summed E-state index contributed by atoms with van der Waals surface area (Å²) in [6.07, 6.45) is 3.13. The van der Waals surface area contributed by atoms with Crippen LogP contribution in [0.4, 0.5) is 0 Å². The van der Waals surface area contributed by atoms with Gasteiger partial charge in [0.2, 0.25) is 0 Å². The van der Waals surface area contributed by atoms with Crippen molar-refractivity contribution in [2.45, 2.75) is 26.4 Å². The summed E-state index contributed by atoms with van der Waals surface area (Å²) in [5.41, 5.74) is 2.43. The zero-order chi connectivity index (χ0) is 13.5. The first-order valence-electron chi connectivity index (χ1n) is 6.60.